The molecule has 1 saturated carbocycles. The van der Waals surface area contributed by atoms with Crippen LogP contribution in [0.15, 0.2) is 30.9 Å². The number of thiazole rings is 1. The summed E-state index contributed by atoms with van der Waals surface area (Å²) >= 11 is 7.84. The third kappa shape index (κ3) is 3.86. The van der Waals surface area contributed by atoms with Gasteiger partial charge in [0.1, 0.15) is 11.3 Å². The normalized spacial score (nSPS) is 14.6. The van der Waals surface area contributed by atoms with Crippen LogP contribution in [0.2, 0.25) is 5.02 Å². The number of benzene rings is 1. The highest BCUT2D eigenvalue weighted by molar-refractivity contribution is 7.23. The maximum Gasteiger partial charge on any atom is 0.231 e. The van der Waals surface area contributed by atoms with Crippen molar-refractivity contribution in [3.63, 3.8) is 0 Å². The van der Waals surface area contributed by atoms with Crippen molar-refractivity contribution in [2.75, 3.05) is 18.6 Å². The van der Waals surface area contributed by atoms with Crippen molar-refractivity contribution >= 4 is 44.2 Å². The molecule has 4 rings (SSSR count). The minimum absolute atomic E-state index is 0.0950. The molecule has 1 amide bonds. The van der Waals surface area contributed by atoms with Crippen molar-refractivity contribution in [3.05, 3.63) is 35.9 Å². The van der Waals surface area contributed by atoms with E-state index in [0.717, 1.165) is 43.3 Å². The maximum atomic E-state index is 13.3. The molecule has 0 bridgehead atoms. The van der Waals surface area contributed by atoms with Crippen LogP contribution < -0.4 is 9.64 Å². The average Bonchev–Trinajstić information content (AvgIpc) is 3.47. The highest BCUT2D eigenvalue weighted by atomic mass is 35.5. The fourth-order valence-electron chi connectivity index (χ4n) is 3.75. The highest BCUT2D eigenvalue weighted by Crippen LogP contribution is 2.39. The van der Waals surface area contributed by atoms with Crippen molar-refractivity contribution in [1.29, 1.82) is 0 Å². The van der Waals surface area contributed by atoms with Crippen molar-refractivity contribution < 1.29 is 9.53 Å². The maximum absolute atomic E-state index is 13.3. The van der Waals surface area contributed by atoms with E-state index < -0.39 is 0 Å². The van der Waals surface area contributed by atoms with Crippen LogP contribution in [-0.2, 0) is 11.3 Å². The average molecular weight is 419 g/mol. The summed E-state index contributed by atoms with van der Waals surface area (Å²) in [5.41, 5.74) is 0.717. The molecule has 1 aliphatic carbocycles. The van der Waals surface area contributed by atoms with E-state index in [9.17, 15) is 4.79 Å². The number of carbonyl (C=O) groups excluding carboxylic acids is 1. The smallest absolute Gasteiger partial charge is 0.231 e. The number of halogens is 1. The molecule has 1 aliphatic rings. The first-order valence-corrected chi connectivity index (χ1v) is 10.8. The Hall–Kier alpha value is -2.12. The predicted octanol–water partition coefficient (Wildman–Crippen LogP) is 4.77. The molecule has 0 N–H and O–H groups in total. The summed E-state index contributed by atoms with van der Waals surface area (Å²) < 4.78 is 8.32. The first-order chi connectivity index (χ1) is 13.7. The minimum Gasteiger partial charge on any atom is -0.494 e. The highest BCUT2D eigenvalue weighted by Gasteiger charge is 2.30. The summed E-state index contributed by atoms with van der Waals surface area (Å²) in [4.78, 5) is 23.9. The number of hydrogen-bond donors (Lipinski definition) is 0. The number of amides is 1. The van der Waals surface area contributed by atoms with E-state index in [0.29, 0.717) is 28.0 Å². The number of aryl methyl sites for hydroxylation is 1. The lowest BCUT2D eigenvalue weighted by atomic mass is 10.1. The fourth-order valence-corrected chi connectivity index (χ4v) is 5.03. The lowest BCUT2D eigenvalue weighted by Crippen LogP contribution is -2.36. The van der Waals surface area contributed by atoms with Crippen molar-refractivity contribution in [2.24, 2.45) is 5.92 Å². The molecule has 0 radical (unpaired) electrons. The Kier molecular flexibility index (Phi) is 5.82. The first kappa shape index (κ1) is 19.2. The van der Waals surface area contributed by atoms with Gasteiger partial charge in [-0.05, 0) is 31.4 Å². The minimum atomic E-state index is 0.0950. The van der Waals surface area contributed by atoms with Gasteiger partial charge in [-0.2, -0.15) is 0 Å². The number of imidazole rings is 1. The van der Waals surface area contributed by atoms with Gasteiger partial charge < -0.3 is 9.30 Å². The van der Waals surface area contributed by atoms with Gasteiger partial charge in [-0.1, -0.05) is 35.8 Å². The molecule has 2 aromatic heterocycles. The molecule has 2 heterocycles. The lowest BCUT2D eigenvalue weighted by Gasteiger charge is -2.23. The van der Waals surface area contributed by atoms with Crippen LogP contribution in [0, 0.1) is 5.92 Å². The molecule has 148 valence electrons. The number of ether oxygens (including phenoxy) is 1. The Balaban J connectivity index is 1.62. The van der Waals surface area contributed by atoms with E-state index in [4.69, 9.17) is 21.3 Å². The number of aromatic nitrogens is 3. The first-order valence-electron chi connectivity index (χ1n) is 9.57. The number of rotatable bonds is 7. The summed E-state index contributed by atoms with van der Waals surface area (Å²) in [6, 6.07) is 3.63. The fraction of sp³-hybridized carbons (Fsp3) is 0.450. The molecule has 0 spiro atoms. The molecule has 1 fully saturated rings. The van der Waals surface area contributed by atoms with Crippen LogP contribution in [0.4, 0.5) is 5.13 Å². The zero-order valence-electron chi connectivity index (χ0n) is 15.8. The number of nitrogens with zero attached hydrogens (tertiary/aromatic N) is 4. The zero-order valence-corrected chi connectivity index (χ0v) is 17.4. The molecule has 6 nitrogen and oxygen atoms in total. The monoisotopic (exact) mass is 418 g/mol. The zero-order chi connectivity index (χ0) is 19.5. The van der Waals surface area contributed by atoms with E-state index in [1.807, 2.05) is 27.8 Å². The van der Waals surface area contributed by atoms with Gasteiger partial charge in [-0.25, -0.2) is 9.97 Å². The van der Waals surface area contributed by atoms with E-state index in [1.54, 1.807) is 19.6 Å². The number of carbonyl (C=O) groups is 1. The molecule has 3 aromatic rings. The van der Waals surface area contributed by atoms with Crippen molar-refractivity contribution in [3.8, 4) is 5.75 Å². The van der Waals surface area contributed by atoms with Gasteiger partial charge in [0.25, 0.3) is 0 Å². The summed E-state index contributed by atoms with van der Waals surface area (Å²) in [5.74, 6) is 0.948. The Morgan fingerprint density at radius 1 is 1.39 bits per heavy atom. The summed E-state index contributed by atoms with van der Waals surface area (Å²) in [6.07, 6.45) is 10.5. The van der Waals surface area contributed by atoms with Crippen LogP contribution in [0.3, 0.4) is 0 Å². The van der Waals surface area contributed by atoms with Gasteiger partial charge in [-0.15, -0.1) is 0 Å². The van der Waals surface area contributed by atoms with E-state index in [2.05, 4.69) is 4.98 Å². The SMILES string of the molecule is COc1ccc(Cl)c2sc(N(CCCn3ccnc3)C(=O)C3CCCC3)nc12. The number of methoxy groups -OCH3 is 1. The van der Waals surface area contributed by atoms with Gasteiger partial charge in [0.2, 0.25) is 5.91 Å². The van der Waals surface area contributed by atoms with Crippen LogP contribution >= 0.6 is 22.9 Å². The second-order valence-corrected chi connectivity index (χ2v) is 8.43. The molecule has 0 unspecified atom stereocenters. The summed E-state index contributed by atoms with van der Waals surface area (Å²) in [7, 11) is 1.62. The topological polar surface area (TPSA) is 60.2 Å². The number of anilines is 1. The largest absolute Gasteiger partial charge is 0.494 e. The second kappa shape index (κ2) is 8.49. The summed E-state index contributed by atoms with van der Waals surface area (Å²) in [5, 5.41) is 1.33. The molecule has 0 aliphatic heterocycles. The number of fused-ring (bicyclic) bond motifs is 1. The molecule has 0 saturated heterocycles. The van der Waals surface area contributed by atoms with Crippen LogP contribution in [0.25, 0.3) is 10.2 Å². The van der Waals surface area contributed by atoms with Crippen LogP contribution in [0.5, 0.6) is 5.75 Å². The van der Waals surface area contributed by atoms with Gasteiger partial charge in [0.15, 0.2) is 5.13 Å². The molecule has 1 aromatic carbocycles. The predicted molar refractivity (Wildman–Crippen MR) is 112 cm³/mol. The van der Waals surface area contributed by atoms with Gasteiger partial charge in [-0.3, -0.25) is 9.69 Å². The molecule has 28 heavy (non-hydrogen) atoms. The van der Waals surface area contributed by atoms with Crippen LogP contribution in [0.1, 0.15) is 32.1 Å². The lowest BCUT2D eigenvalue weighted by molar-refractivity contribution is -0.122. The molecular formula is C20H23ClN4O2S. The van der Waals surface area contributed by atoms with Crippen molar-refractivity contribution in [1.82, 2.24) is 14.5 Å². The van der Waals surface area contributed by atoms with Crippen LogP contribution in [-0.4, -0.2) is 34.1 Å². The number of hydrogen-bond acceptors (Lipinski definition) is 5. The Bertz CT molecular complexity index is 951. The van der Waals surface area contributed by atoms with E-state index >= 15 is 0 Å². The molecular weight excluding hydrogens is 396 g/mol. The van der Waals surface area contributed by atoms with Gasteiger partial charge in [0, 0.05) is 31.4 Å². The summed E-state index contributed by atoms with van der Waals surface area (Å²) in [6.45, 7) is 1.43. The standard InChI is InChI=1S/C20H23ClN4O2S/c1-27-16-8-7-15(21)18-17(16)23-20(28-18)25(19(26)14-5-2-3-6-14)11-4-10-24-12-9-22-13-24/h7-9,12-14H,2-6,10-11H2,1H3. The quantitative estimate of drug-likeness (QED) is 0.554. The van der Waals surface area contributed by atoms with Gasteiger partial charge in [0.05, 0.1) is 23.2 Å². The van der Waals surface area contributed by atoms with Gasteiger partial charge >= 0.3 is 0 Å². The third-order valence-corrected chi connectivity index (χ3v) is 6.76. The molecule has 8 heteroatoms. The van der Waals surface area contributed by atoms with E-state index in [-0.39, 0.29) is 11.8 Å². The Morgan fingerprint density at radius 2 is 2.21 bits per heavy atom. The molecule has 0 atom stereocenters. The third-order valence-electron chi connectivity index (χ3n) is 5.23. The second-order valence-electron chi connectivity index (χ2n) is 7.05. The van der Waals surface area contributed by atoms with E-state index in [1.165, 1.54) is 11.3 Å². The van der Waals surface area contributed by atoms with Crippen molar-refractivity contribution in [2.45, 2.75) is 38.6 Å². The Labute approximate surface area is 173 Å². The Morgan fingerprint density at radius 3 is 2.93 bits per heavy atom.